The third kappa shape index (κ3) is 5.37. The van der Waals surface area contributed by atoms with Crippen molar-refractivity contribution >= 4 is 17.5 Å². The van der Waals surface area contributed by atoms with Crippen molar-refractivity contribution in [3.8, 4) is 28.4 Å². The molecule has 3 aliphatic rings. The highest BCUT2D eigenvalue weighted by atomic mass is 16.5. The summed E-state index contributed by atoms with van der Waals surface area (Å²) >= 11 is 0. The van der Waals surface area contributed by atoms with Crippen LogP contribution in [0.5, 0.6) is 17.2 Å². The third-order valence-electron chi connectivity index (χ3n) is 8.33. The number of nitrogens with one attached hydrogen (secondary N) is 3. The van der Waals surface area contributed by atoms with E-state index in [0.717, 1.165) is 23.1 Å². The quantitative estimate of drug-likeness (QED) is 0.411. The van der Waals surface area contributed by atoms with Crippen LogP contribution in [0.3, 0.4) is 0 Å². The van der Waals surface area contributed by atoms with Gasteiger partial charge in [-0.1, -0.05) is 18.2 Å². The molecule has 0 aromatic heterocycles. The Hall–Kier alpha value is -4.01. The Morgan fingerprint density at radius 2 is 1.80 bits per heavy atom. The molecule has 212 valence electrons. The first-order chi connectivity index (χ1) is 19.3. The third-order valence-corrected chi connectivity index (χ3v) is 8.33. The van der Waals surface area contributed by atoms with E-state index < -0.39 is 6.04 Å². The number of ether oxygens (including phenoxy) is 3. The van der Waals surface area contributed by atoms with Gasteiger partial charge in [-0.15, -0.1) is 0 Å². The van der Waals surface area contributed by atoms with Gasteiger partial charge in [0.05, 0.1) is 39.6 Å². The van der Waals surface area contributed by atoms with Crippen molar-refractivity contribution in [2.24, 2.45) is 17.8 Å². The molecule has 4 atom stereocenters. The highest BCUT2D eigenvalue weighted by Gasteiger charge is 2.35. The lowest BCUT2D eigenvalue weighted by atomic mass is 9.94. The SMILES string of the molecule is COc1cc2c(c(OC)c1OC)-c1ccc(NCC(=O)NC[C@@H]3C[C@H]4C=C[C@@H]3C4)c(=O)cc1[C@@H](NC(C)=O)CC2. The molecule has 0 spiro atoms. The van der Waals surface area contributed by atoms with Gasteiger partial charge in [0.25, 0.3) is 0 Å². The zero-order valence-corrected chi connectivity index (χ0v) is 23.5. The molecule has 2 aromatic carbocycles. The molecule has 2 aromatic rings. The minimum absolute atomic E-state index is 0.0133. The monoisotopic (exact) mass is 547 g/mol. The van der Waals surface area contributed by atoms with E-state index in [0.29, 0.717) is 65.6 Å². The van der Waals surface area contributed by atoms with Crippen molar-refractivity contribution in [3.05, 3.63) is 57.8 Å². The lowest BCUT2D eigenvalue weighted by Gasteiger charge is -2.19. The minimum Gasteiger partial charge on any atom is -0.493 e. The molecule has 5 rings (SSSR count). The summed E-state index contributed by atoms with van der Waals surface area (Å²) in [7, 11) is 4.68. The summed E-state index contributed by atoms with van der Waals surface area (Å²) in [5.74, 6) is 2.83. The van der Waals surface area contributed by atoms with Crippen molar-refractivity contribution < 1.29 is 23.8 Å². The van der Waals surface area contributed by atoms with Gasteiger partial charge in [0.15, 0.2) is 11.5 Å². The first-order valence-corrected chi connectivity index (χ1v) is 13.8. The Bertz CT molecular complexity index is 1400. The Balaban J connectivity index is 1.46. The van der Waals surface area contributed by atoms with E-state index in [4.69, 9.17) is 14.2 Å². The molecule has 2 amide bonds. The van der Waals surface area contributed by atoms with Gasteiger partial charge in [0.2, 0.25) is 23.0 Å². The summed E-state index contributed by atoms with van der Waals surface area (Å²) in [6.45, 7) is 2.10. The largest absolute Gasteiger partial charge is 0.493 e. The van der Waals surface area contributed by atoms with Gasteiger partial charge in [0.1, 0.15) is 0 Å². The molecule has 3 N–H and O–H groups in total. The number of anilines is 1. The van der Waals surface area contributed by atoms with Crippen LogP contribution in [0, 0.1) is 17.8 Å². The van der Waals surface area contributed by atoms with Gasteiger partial charge < -0.3 is 30.2 Å². The number of carbonyl (C=O) groups is 2. The smallest absolute Gasteiger partial charge is 0.239 e. The highest BCUT2D eigenvalue weighted by molar-refractivity contribution is 5.84. The molecule has 9 nitrogen and oxygen atoms in total. The van der Waals surface area contributed by atoms with Gasteiger partial charge in [0, 0.05) is 19.0 Å². The maximum Gasteiger partial charge on any atom is 0.239 e. The van der Waals surface area contributed by atoms with Crippen LogP contribution in [0.1, 0.15) is 43.4 Å². The van der Waals surface area contributed by atoms with E-state index in [9.17, 15) is 14.4 Å². The van der Waals surface area contributed by atoms with Crippen molar-refractivity contribution in [2.75, 3.05) is 39.7 Å². The molecule has 2 bridgehead atoms. The molecule has 0 aliphatic heterocycles. The topological polar surface area (TPSA) is 115 Å². The second-order valence-electron chi connectivity index (χ2n) is 10.8. The maximum absolute atomic E-state index is 13.4. The molecular formula is C31H37N3O6. The van der Waals surface area contributed by atoms with Crippen LogP contribution in [-0.4, -0.2) is 46.2 Å². The van der Waals surface area contributed by atoms with Crippen molar-refractivity contribution in [1.82, 2.24) is 10.6 Å². The number of methoxy groups -OCH3 is 3. The average Bonchev–Trinajstić information content (AvgIpc) is 3.49. The number of hydrogen-bond acceptors (Lipinski definition) is 7. The van der Waals surface area contributed by atoms with E-state index >= 15 is 0 Å². The Kier molecular flexibility index (Phi) is 8.00. The summed E-state index contributed by atoms with van der Waals surface area (Å²) < 4.78 is 17.0. The molecular weight excluding hydrogens is 510 g/mol. The Morgan fingerprint density at radius 3 is 2.45 bits per heavy atom. The summed E-state index contributed by atoms with van der Waals surface area (Å²) in [5, 5.41) is 9.05. The van der Waals surface area contributed by atoms with Crippen LogP contribution in [0.25, 0.3) is 11.1 Å². The predicted octanol–water partition coefficient (Wildman–Crippen LogP) is 3.60. The van der Waals surface area contributed by atoms with Crippen molar-refractivity contribution in [1.29, 1.82) is 0 Å². The van der Waals surface area contributed by atoms with E-state index in [1.54, 1.807) is 33.5 Å². The first-order valence-electron chi connectivity index (χ1n) is 13.8. The molecule has 3 aliphatic carbocycles. The number of rotatable bonds is 9. The van der Waals surface area contributed by atoms with Crippen LogP contribution in [0.15, 0.2) is 41.2 Å². The average molecular weight is 548 g/mol. The Labute approximate surface area is 234 Å². The molecule has 0 unspecified atom stereocenters. The number of carbonyl (C=O) groups excluding carboxylic acids is 2. The molecule has 1 fully saturated rings. The Morgan fingerprint density at radius 1 is 1.00 bits per heavy atom. The number of hydrogen-bond donors (Lipinski definition) is 3. The molecule has 0 heterocycles. The van der Waals surface area contributed by atoms with Crippen LogP contribution in [-0.2, 0) is 16.0 Å². The normalized spacial score (nSPS) is 22.0. The molecule has 0 saturated heterocycles. The van der Waals surface area contributed by atoms with Crippen LogP contribution in [0.2, 0.25) is 0 Å². The summed E-state index contributed by atoms with van der Waals surface area (Å²) in [6, 6.07) is 6.59. The van der Waals surface area contributed by atoms with E-state index in [1.807, 2.05) is 12.1 Å². The second-order valence-corrected chi connectivity index (χ2v) is 10.8. The highest BCUT2D eigenvalue weighted by Crippen LogP contribution is 2.50. The fraction of sp³-hybridized carbons (Fsp3) is 0.452. The maximum atomic E-state index is 13.4. The zero-order valence-electron chi connectivity index (χ0n) is 23.5. The van der Waals surface area contributed by atoms with Crippen molar-refractivity contribution in [3.63, 3.8) is 0 Å². The standard InChI is InChI=1S/C31H37N3O6/c1-17(35)34-24-9-7-20-13-27(38-2)30(39-3)31(40-4)29(20)22-8-10-25(26(36)14-23(22)24)32-16-28(37)33-15-21-12-18-5-6-19(21)11-18/h5-6,8,10,13-14,18-19,21,24H,7,9,11-12,15-16H2,1-4H3,(H,32,36)(H,33,37)(H,34,35)/t18-,19+,21-,24-/m0/s1. The molecule has 9 heteroatoms. The number of amides is 2. The fourth-order valence-corrected chi connectivity index (χ4v) is 6.47. The second kappa shape index (κ2) is 11.6. The van der Waals surface area contributed by atoms with Crippen LogP contribution < -0.4 is 35.6 Å². The van der Waals surface area contributed by atoms with Gasteiger partial charge >= 0.3 is 0 Å². The van der Waals surface area contributed by atoms with Crippen LogP contribution >= 0.6 is 0 Å². The van der Waals surface area contributed by atoms with Crippen molar-refractivity contribution in [2.45, 2.75) is 38.6 Å². The lowest BCUT2D eigenvalue weighted by Crippen LogP contribution is -2.35. The summed E-state index contributed by atoms with van der Waals surface area (Å²) in [4.78, 5) is 38.2. The number of benzene rings is 1. The molecule has 1 saturated carbocycles. The van der Waals surface area contributed by atoms with Gasteiger partial charge in [-0.05, 0) is 78.3 Å². The molecule has 40 heavy (non-hydrogen) atoms. The number of aryl methyl sites for hydroxylation is 1. The number of allylic oxidation sites excluding steroid dienone is 2. The van der Waals surface area contributed by atoms with Crippen LogP contribution in [0.4, 0.5) is 5.69 Å². The zero-order chi connectivity index (χ0) is 28.4. The summed E-state index contributed by atoms with van der Waals surface area (Å²) in [5.41, 5.74) is 3.17. The van der Waals surface area contributed by atoms with Gasteiger partial charge in [-0.25, -0.2) is 0 Å². The van der Waals surface area contributed by atoms with Gasteiger partial charge in [-0.3, -0.25) is 14.4 Å². The fourth-order valence-electron chi connectivity index (χ4n) is 6.47. The van der Waals surface area contributed by atoms with E-state index in [-0.39, 0.29) is 23.8 Å². The first kappa shape index (κ1) is 27.6. The predicted molar refractivity (Wildman–Crippen MR) is 153 cm³/mol. The molecule has 0 radical (unpaired) electrons. The minimum atomic E-state index is -0.395. The summed E-state index contributed by atoms with van der Waals surface area (Å²) in [6.07, 6.45) is 8.06. The van der Waals surface area contributed by atoms with E-state index in [2.05, 4.69) is 28.1 Å². The van der Waals surface area contributed by atoms with Gasteiger partial charge in [-0.2, -0.15) is 0 Å². The number of fused-ring (bicyclic) bond motifs is 5. The van der Waals surface area contributed by atoms with E-state index in [1.165, 1.54) is 13.3 Å². The lowest BCUT2D eigenvalue weighted by molar-refractivity contribution is -0.120.